The predicted molar refractivity (Wildman–Crippen MR) is 79.5 cm³/mol. The van der Waals surface area contributed by atoms with Crippen LogP contribution in [-0.2, 0) is 6.54 Å². The summed E-state index contributed by atoms with van der Waals surface area (Å²) in [6.45, 7) is 3.14. The third-order valence-electron chi connectivity index (χ3n) is 3.75. The first-order valence-corrected chi connectivity index (χ1v) is 6.65. The van der Waals surface area contributed by atoms with Gasteiger partial charge in [0.05, 0.1) is 16.9 Å². The molecule has 92 valence electrons. The first kappa shape index (κ1) is 10.6. The van der Waals surface area contributed by atoms with Crippen molar-refractivity contribution in [1.82, 2.24) is 9.55 Å². The van der Waals surface area contributed by atoms with Crippen molar-refractivity contribution in [3.05, 3.63) is 54.6 Å². The van der Waals surface area contributed by atoms with Gasteiger partial charge in [-0.25, -0.2) is 4.98 Å². The molecular formula is C17H14N2. The van der Waals surface area contributed by atoms with E-state index in [-0.39, 0.29) is 0 Å². The molecule has 0 saturated carbocycles. The third kappa shape index (κ3) is 1.40. The van der Waals surface area contributed by atoms with E-state index in [0.717, 1.165) is 17.8 Å². The van der Waals surface area contributed by atoms with Gasteiger partial charge in [-0.05, 0) is 25.1 Å². The van der Waals surface area contributed by atoms with E-state index < -0.39 is 0 Å². The molecule has 0 atom stereocenters. The maximum absolute atomic E-state index is 4.75. The van der Waals surface area contributed by atoms with Crippen LogP contribution >= 0.6 is 0 Å². The average Bonchev–Trinajstić information content (AvgIpc) is 2.82. The van der Waals surface area contributed by atoms with Crippen molar-refractivity contribution in [2.24, 2.45) is 0 Å². The molecule has 0 radical (unpaired) electrons. The Morgan fingerprint density at radius 1 is 1.00 bits per heavy atom. The largest absolute Gasteiger partial charge is 0.339 e. The van der Waals surface area contributed by atoms with Crippen molar-refractivity contribution in [1.29, 1.82) is 0 Å². The summed E-state index contributed by atoms with van der Waals surface area (Å²) in [4.78, 5) is 4.75. The van der Waals surface area contributed by atoms with Gasteiger partial charge in [0.2, 0.25) is 0 Å². The van der Waals surface area contributed by atoms with Crippen LogP contribution in [0.4, 0.5) is 0 Å². The fourth-order valence-electron chi connectivity index (χ4n) is 2.93. The Hall–Kier alpha value is -2.35. The van der Waals surface area contributed by atoms with Gasteiger partial charge < -0.3 is 4.57 Å². The van der Waals surface area contributed by atoms with Crippen LogP contribution in [0, 0.1) is 0 Å². The summed E-state index contributed by atoms with van der Waals surface area (Å²) in [5, 5.41) is 2.49. The quantitative estimate of drug-likeness (QED) is 0.489. The van der Waals surface area contributed by atoms with Crippen LogP contribution in [0.3, 0.4) is 0 Å². The standard InChI is InChI=1S/C17H14N2/c1-2-19-16-10-6-3-7-12(16)11-15-17(19)13-8-4-5-9-14(13)18-15/h3-11H,2H2,1H3. The fourth-order valence-corrected chi connectivity index (χ4v) is 2.93. The van der Waals surface area contributed by atoms with E-state index in [9.17, 15) is 0 Å². The van der Waals surface area contributed by atoms with Gasteiger partial charge in [-0.2, -0.15) is 0 Å². The second-order valence-electron chi connectivity index (χ2n) is 4.81. The Bertz CT molecular complexity index is 858. The first-order valence-electron chi connectivity index (χ1n) is 6.65. The molecule has 2 aliphatic heterocycles. The summed E-state index contributed by atoms with van der Waals surface area (Å²) in [6, 6.07) is 19.1. The van der Waals surface area contributed by atoms with Crippen molar-refractivity contribution in [3.63, 3.8) is 0 Å². The number of aryl methyl sites for hydroxylation is 1. The molecule has 0 N–H and O–H groups in total. The first-order chi connectivity index (χ1) is 9.38. The lowest BCUT2D eigenvalue weighted by Gasteiger charge is -2.14. The number of aromatic nitrogens is 2. The van der Waals surface area contributed by atoms with Gasteiger partial charge in [0, 0.05) is 22.8 Å². The van der Waals surface area contributed by atoms with Crippen molar-refractivity contribution in [2.75, 3.05) is 0 Å². The van der Waals surface area contributed by atoms with Crippen LogP contribution in [0.2, 0.25) is 0 Å². The van der Waals surface area contributed by atoms with E-state index >= 15 is 0 Å². The molecule has 0 bridgehead atoms. The van der Waals surface area contributed by atoms with Gasteiger partial charge in [-0.1, -0.05) is 36.4 Å². The van der Waals surface area contributed by atoms with Gasteiger partial charge >= 0.3 is 0 Å². The summed E-state index contributed by atoms with van der Waals surface area (Å²) in [5.41, 5.74) is 4.68. The molecule has 2 aromatic carbocycles. The minimum atomic E-state index is 0.952. The minimum Gasteiger partial charge on any atom is -0.339 e. The topological polar surface area (TPSA) is 17.8 Å². The van der Waals surface area contributed by atoms with Crippen LogP contribution < -0.4 is 0 Å². The molecule has 0 aromatic heterocycles. The predicted octanol–water partition coefficient (Wildman–Crippen LogP) is 4.31. The third-order valence-corrected chi connectivity index (χ3v) is 3.75. The van der Waals surface area contributed by atoms with Crippen LogP contribution in [0.1, 0.15) is 6.92 Å². The van der Waals surface area contributed by atoms with Gasteiger partial charge in [-0.15, -0.1) is 0 Å². The maximum Gasteiger partial charge on any atom is 0.0887 e. The number of pyridine rings is 1. The molecule has 2 aliphatic rings. The van der Waals surface area contributed by atoms with Crippen LogP contribution in [0.5, 0.6) is 0 Å². The number of benzene rings is 2. The smallest absolute Gasteiger partial charge is 0.0887 e. The van der Waals surface area contributed by atoms with Gasteiger partial charge in [0.15, 0.2) is 0 Å². The van der Waals surface area contributed by atoms with E-state index in [1.807, 2.05) is 6.07 Å². The zero-order chi connectivity index (χ0) is 12.8. The number of hydrogen-bond acceptors (Lipinski definition) is 1. The maximum atomic E-state index is 4.75. The molecule has 0 fully saturated rings. The second kappa shape index (κ2) is 3.82. The molecule has 4 rings (SSSR count). The molecule has 0 aliphatic carbocycles. The Kier molecular flexibility index (Phi) is 2.12. The lowest BCUT2D eigenvalue weighted by atomic mass is 10.1. The van der Waals surface area contributed by atoms with E-state index in [2.05, 4.69) is 60.0 Å². The number of fused-ring (bicyclic) bond motifs is 4. The van der Waals surface area contributed by atoms with Crippen LogP contribution in [-0.4, -0.2) is 9.55 Å². The van der Waals surface area contributed by atoms with E-state index in [0.29, 0.717) is 0 Å². The lowest BCUT2D eigenvalue weighted by Crippen LogP contribution is -2.02. The Morgan fingerprint density at radius 2 is 1.79 bits per heavy atom. The normalized spacial score (nSPS) is 11.6. The van der Waals surface area contributed by atoms with Crippen molar-refractivity contribution >= 4 is 21.8 Å². The van der Waals surface area contributed by atoms with E-state index in [4.69, 9.17) is 4.98 Å². The van der Waals surface area contributed by atoms with E-state index in [1.54, 1.807) is 0 Å². The highest BCUT2D eigenvalue weighted by atomic mass is 15.0. The molecule has 2 heterocycles. The number of para-hydroxylation sites is 2. The zero-order valence-electron chi connectivity index (χ0n) is 10.8. The molecular weight excluding hydrogens is 232 g/mol. The lowest BCUT2D eigenvalue weighted by molar-refractivity contribution is 0.800. The molecule has 0 spiro atoms. The highest BCUT2D eigenvalue weighted by Crippen LogP contribution is 2.34. The van der Waals surface area contributed by atoms with Crippen LogP contribution in [0.15, 0.2) is 54.6 Å². The molecule has 0 saturated heterocycles. The summed E-state index contributed by atoms with van der Waals surface area (Å²) < 4.78 is 2.36. The monoisotopic (exact) mass is 246 g/mol. The minimum absolute atomic E-state index is 0.952. The van der Waals surface area contributed by atoms with Gasteiger partial charge in [-0.3, -0.25) is 0 Å². The van der Waals surface area contributed by atoms with Gasteiger partial charge in [0.25, 0.3) is 0 Å². The molecule has 2 heteroatoms. The summed E-state index contributed by atoms with van der Waals surface area (Å²) >= 11 is 0. The Morgan fingerprint density at radius 3 is 2.68 bits per heavy atom. The zero-order valence-corrected chi connectivity index (χ0v) is 10.8. The summed E-state index contributed by atoms with van der Waals surface area (Å²) in [7, 11) is 0. The average molecular weight is 246 g/mol. The molecule has 2 aromatic rings. The number of hydrogen-bond donors (Lipinski definition) is 0. The van der Waals surface area contributed by atoms with E-state index in [1.165, 1.54) is 22.0 Å². The van der Waals surface area contributed by atoms with Crippen molar-refractivity contribution in [3.8, 4) is 11.4 Å². The summed E-state index contributed by atoms with van der Waals surface area (Å²) in [6.07, 6.45) is 0. The fraction of sp³-hybridized carbons (Fsp3) is 0.118. The number of rotatable bonds is 1. The molecule has 19 heavy (non-hydrogen) atoms. The van der Waals surface area contributed by atoms with Crippen molar-refractivity contribution < 1.29 is 0 Å². The Balaban J connectivity index is 2.29. The Labute approximate surface area is 111 Å². The molecule has 0 amide bonds. The number of nitrogens with zero attached hydrogens (tertiary/aromatic N) is 2. The molecule has 2 nitrogen and oxygen atoms in total. The van der Waals surface area contributed by atoms with Gasteiger partial charge in [0.1, 0.15) is 0 Å². The SMILES string of the molecule is CCn1c2c3ccccc3nc-2cc2ccccc21. The highest BCUT2D eigenvalue weighted by molar-refractivity contribution is 5.99. The summed E-state index contributed by atoms with van der Waals surface area (Å²) in [5.74, 6) is 0. The molecule has 0 unspecified atom stereocenters. The highest BCUT2D eigenvalue weighted by Gasteiger charge is 2.16. The second-order valence-corrected chi connectivity index (χ2v) is 4.81. The van der Waals surface area contributed by atoms with Crippen molar-refractivity contribution in [2.45, 2.75) is 13.5 Å². The van der Waals surface area contributed by atoms with Crippen LogP contribution in [0.25, 0.3) is 33.2 Å².